The lowest BCUT2D eigenvalue weighted by Gasteiger charge is -2.15. The number of hydrogen-bond donors (Lipinski definition) is 2. The standard InChI is InChI=1S/C27H33N5O/c1-16(2)9-8-10-19(5)29-27(33)23-24-26(31-22-12-7-6-11-21(22)30-24)32(25(23)28)20-14-13-17(3)18(4)15-20/h6-7,11-16,19H,8-10,28H2,1-5H3,(H,29,33). The highest BCUT2D eigenvalue weighted by Crippen LogP contribution is 2.31. The first-order valence-corrected chi connectivity index (χ1v) is 11.7. The average molecular weight is 444 g/mol. The Hall–Kier alpha value is -3.41. The van der Waals surface area contributed by atoms with E-state index in [2.05, 4.69) is 45.1 Å². The van der Waals surface area contributed by atoms with E-state index in [9.17, 15) is 4.79 Å². The van der Waals surface area contributed by atoms with E-state index in [0.717, 1.165) is 41.5 Å². The number of nitrogens with one attached hydrogen (secondary N) is 1. The molecule has 4 aromatic rings. The molecule has 4 rings (SSSR count). The normalized spacial score (nSPS) is 12.5. The molecular formula is C27H33N5O. The van der Waals surface area contributed by atoms with Crippen LogP contribution in [-0.4, -0.2) is 26.5 Å². The first kappa shape index (κ1) is 22.8. The highest BCUT2D eigenvalue weighted by atomic mass is 16.1. The van der Waals surface area contributed by atoms with Crippen molar-refractivity contribution in [1.82, 2.24) is 19.9 Å². The van der Waals surface area contributed by atoms with Gasteiger partial charge in [0.05, 0.1) is 11.0 Å². The Bertz CT molecular complexity index is 1320. The molecule has 0 spiro atoms. The van der Waals surface area contributed by atoms with Crippen LogP contribution in [0.2, 0.25) is 0 Å². The minimum atomic E-state index is -0.207. The van der Waals surface area contributed by atoms with E-state index >= 15 is 0 Å². The summed E-state index contributed by atoms with van der Waals surface area (Å²) in [6, 6.07) is 13.9. The summed E-state index contributed by atoms with van der Waals surface area (Å²) in [5.74, 6) is 0.806. The highest BCUT2D eigenvalue weighted by molar-refractivity contribution is 6.11. The number of amides is 1. The van der Waals surface area contributed by atoms with Gasteiger partial charge in [-0.2, -0.15) is 0 Å². The smallest absolute Gasteiger partial charge is 0.257 e. The molecule has 0 saturated heterocycles. The topological polar surface area (TPSA) is 85.8 Å². The van der Waals surface area contributed by atoms with Crippen LogP contribution in [-0.2, 0) is 0 Å². The van der Waals surface area contributed by atoms with Crippen molar-refractivity contribution in [3.8, 4) is 5.69 Å². The maximum absolute atomic E-state index is 13.4. The fourth-order valence-electron chi connectivity index (χ4n) is 4.21. The second kappa shape index (κ2) is 9.22. The van der Waals surface area contributed by atoms with Crippen LogP contribution in [0, 0.1) is 19.8 Å². The molecule has 6 nitrogen and oxygen atoms in total. The minimum Gasteiger partial charge on any atom is -0.384 e. The molecule has 0 aliphatic rings. The van der Waals surface area contributed by atoms with Gasteiger partial charge >= 0.3 is 0 Å². The number of nitrogens with two attached hydrogens (primary N) is 1. The van der Waals surface area contributed by atoms with Crippen molar-refractivity contribution in [1.29, 1.82) is 0 Å². The molecule has 33 heavy (non-hydrogen) atoms. The molecule has 2 aromatic carbocycles. The van der Waals surface area contributed by atoms with Gasteiger partial charge in [0.1, 0.15) is 16.9 Å². The van der Waals surface area contributed by atoms with E-state index in [4.69, 9.17) is 15.7 Å². The van der Waals surface area contributed by atoms with E-state index in [1.54, 1.807) is 0 Å². The summed E-state index contributed by atoms with van der Waals surface area (Å²) in [4.78, 5) is 23.1. The number of nitrogen functional groups attached to an aromatic ring is 1. The molecule has 3 N–H and O–H groups in total. The number of aromatic nitrogens is 3. The van der Waals surface area contributed by atoms with Crippen molar-refractivity contribution in [2.24, 2.45) is 5.92 Å². The van der Waals surface area contributed by atoms with E-state index < -0.39 is 0 Å². The number of benzene rings is 2. The predicted octanol–water partition coefficient (Wildman–Crippen LogP) is 5.72. The maximum atomic E-state index is 13.4. The number of carbonyl (C=O) groups is 1. The Morgan fingerprint density at radius 3 is 2.36 bits per heavy atom. The average Bonchev–Trinajstić information content (AvgIpc) is 3.04. The molecule has 0 saturated carbocycles. The molecule has 1 amide bonds. The monoisotopic (exact) mass is 443 g/mol. The van der Waals surface area contributed by atoms with Crippen molar-refractivity contribution in [3.63, 3.8) is 0 Å². The Morgan fingerprint density at radius 1 is 1.00 bits per heavy atom. The lowest BCUT2D eigenvalue weighted by atomic mass is 10.0. The van der Waals surface area contributed by atoms with Gasteiger partial charge in [-0.1, -0.05) is 44.9 Å². The highest BCUT2D eigenvalue weighted by Gasteiger charge is 2.25. The number of nitrogens with zero attached hydrogens (tertiary/aromatic N) is 3. The number of hydrogen-bond acceptors (Lipinski definition) is 4. The summed E-state index contributed by atoms with van der Waals surface area (Å²) in [5.41, 5.74) is 12.8. The molecule has 6 heteroatoms. The summed E-state index contributed by atoms with van der Waals surface area (Å²) < 4.78 is 1.85. The summed E-state index contributed by atoms with van der Waals surface area (Å²) in [6.07, 6.45) is 3.14. The molecule has 0 radical (unpaired) electrons. The zero-order valence-corrected chi connectivity index (χ0v) is 20.1. The molecule has 2 heterocycles. The third-order valence-electron chi connectivity index (χ3n) is 6.27. The quantitative estimate of drug-likeness (QED) is 0.383. The fraction of sp³-hybridized carbons (Fsp3) is 0.370. The maximum Gasteiger partial charge on any atom is 0.257 e. The van der Waals surface area contributed by atoms with Crippen LogP contribution < -0.4 is 11.1 Å². The van der Waals surface area contributed by atoms with Crippen LogP contribution in [0.15, 0.2) is 42.5 Å². The minimum absolute atomic E-state index is 0.0454. The largest absolute Gasteiger partial charge is 0.384 e. The van der Waals surface area contributed by atoms with Gasteiger partial charge in [0.15, 0.2) is 5.65 Å². The Balaban J connectivity index is 1.81. The number of fused-ring (bicyclic) bond motifs is 2. The Morgan fingerprint density at radius 2 is 1.70 bits per heavy atom. The number of carbonyl (C=O) groups excluding carboxylic acids is 1. The van der Waals surface area contributed by atoms with E-state index in [1.165, 1.54) is 5.56 Å². The number of aryl methyl sites for hydroxylation is 2. The van der Waals surface area contributed by atoms with Gasteiger partial charge in [0.2, 0.25) is 0 Å². The predicted molar refractivity (Wildman–Crippen MR) is 136 cm³/mol. The fourth-order valence-corrected chi connectivity index (χ4v) is 4.21. The molecule has 1 unspecified atom stereocenters. The first-order chi connectivity index (χ1) is 15.8. The molecule has 0 aliphatic carbocycles. The zero-order valence-electron chi connectivity index (χ0n) is 20.1. The molecule has 0 fully saturated rings. The van der Waals surface area contributed by atoms with Crippen LogP contribution in [0.1, 0.15) is 61.5 Å². The third kappa shape index (κ3) is 4.56. The second-order valence-electron chi connectivity index (χ2n) is 9.45. The van der Waals surface area contributed by atoms with E-state index in [1.807, 2.05) is 41.8 Å². The van der Waals surface area contributed by atoms with Crippen LogP contribution in [0.25, 0.3) is 27.9 Å². The number of para-hydroxylation sites is 2. The number of anilines is 1. The Kier molecular flexibility index (Phi) is 6.36. The van der Waals surface area contributed by atoms with Crippen LogP contribution >= 0.6 is 0 Å². The van der Waals surface area contributed by atoms with E-state index in [0.29, 0.717) is 28.5 Å². The van der Waals surface area contributed by atoms with Gasteiger partial charge in [0.25, 0.3) is 5.91 Å². The Labute approximate surface area is 195 Å². The van der Waals surface area contributed by atoms with Gasteiger partial charge in [-0.25, -0.2) is 9.97 Å². The summed E-state index contributed by atoms with van der Waals surface area (Å²) in [5, 5.41) is 3.14. The third-order valence-corrected chi connectivity index (χ3v) is 6.27. The molecule has 2 aromatic heterocycles. The van der Waals surface area contributed by atoms with Crippen molar-refractivity contribution >= 4 is 33.9 Å². The summed E-state index contributed by atoms with van der Waals surface area (Å²) in [7, 11) is 0. The second-order valence-corrected chi connectivity index (χ2v) is 9.45. The lowest BCUT2D eigenvalue weighted by Crippen LogP contribution is -2.33. The lowest BCUT2D eigenvalue weighted by molar-refractivity contribution is 0.0940. The van der Waals surface area contributed by atoms with Crippen molar-refractivity contribution in [2.45, 2.75) is 59.9 Å². The van der Waals surface area contributed by atoms with Gasteiger partial charge < -0.3 is 11.1 Å². The van der Waals surface area contributed by atoms with Crippen molar-refractivity contribution in [2.75, 3.05) is 5.73 Å². The molecule has 172 valence electrons. The van der Waals surface area contributed by atoms with E-state index in [-0.39, 0.29) is 11.9 Å². The number of rotatable bonds is 7. The summed E-state index contributed by atoms with van der Waals surface area (Å²) in [6.45, 7) is 10.6. The van der Waals surface area contributed by atoms with Crippen LogP contribution in [0.3, 0.4) is 0 Å². The van der Waals surface area contributed by atoms with Crippen molar-refractivity contribution in [3.05, 3.63) is 59.2 Å². The van der Waals surface area contributed by atoms with Crippen LogP contribution in [0.5, 0.6) is 0 Å². The van der Waals surface area contributed by atoms with Crippen molar-refractivity contribution < 1.29 is 4.79 Å². The zero-order chi connectivity index (χ0) is 23.7. The first-order valence-electron chi connectivity index (χ1n) is 11.7. The van der Waals surface area contributed by atoms with Gasteiger partial charge in [-0.05, 0) is 68.5 Å². The molecular weight excluding hydrogens is 410 g/mol. The molecule has 0 aliphatic heterocycles. The summed E-state index contributed by atoms with van der Waals surface area (Å²) >= 11 is 0. The SMILES string of the molecule is Cc1ccc(-n2c(N)c(C(=O)NC(C)CCCC(C)C)c3nc4ccccc4nc32)cc1C. The van der Waals surface area contributed by atoms with Gasteiger partial charge in [0, 0.05) is 11.7 Å². The molecule has 0 bridgehead atoms. The van der Waals surface area contributed by atoms with Crippen LogP contribution in [0.4, 0.5) is 5.82 Å². The van der Waals surface area contributed by atoms with Gasteiger partial charge in [-0.3, -0.25) is 9.36 Å². The molecule has 1 atom stereocenters. The van der Waals surface area contributed by atoms with Gasteiger partial charge in [-0.15, -0.1) is 0 Å².